The first kappa shape index (κ1) is 13.0. The number of aryl methyl sites for hydroxylation is 3. The number of aromatic nitrogens is 5. The summed E-state index contributed by atoms with van der Waals surface area (Å²) in [6.45, 7) is 3.36. The van der Waals surface area contributed by atoms with Gasteiger partial charge in [0, 0.05) is 20.6 Å². The van der Waals surface area contributed by atoms with Gasteiger partial charge in [0.15, 0.2) is 0 Å². The zero-order valence-electron chi connectivity index (χ0n) is 10.8. The maximum Gasteiger partial charge on any atom is 0.146 e. The highest BCUT2D eigenvalue weighted by molar-refractivity contribution is 6.31. The van der Waals surface area contributed by atoms with Crippen LogP contribution in [-0.2, 0) is 33.6 Å². The van der Waals surface area contributed by atoms with Gasteiger partial charge in [0.25, 0.3) is 0 Å². The molecule has 6 nitrogen and oxygen atoms in total. The second-order valence-corrected chi connectivity index (χ2v) is 4.52. The minimum Gasteiger partial charge on any atom is -0.320 e. The van der Waals surface area contributed by atoms with Crippen molar-refractivity contribution in [3.8, 4) is 0 Å². The monoisotopic (exact) mass is 268 g/mol. The molecular weight excluding hydrogens is 252 g/mol. The van der Waals surface area contributed by atoms with Crippen molar-refractivity contribution in [3.63, 3.8) is 0 Å². The molecule has 98 valence electrons. The summed E-state index contributed by atoms with van der Waals surface area (Å²) in [7, 11) is 3.83. The Balaban J connectivity index is 1.98. The van der Waals surface area contributed by atoms with Crippen LogP contribution >= 0.6 is 11.6 Å². The van der Waals surface area contributed by atoms with E-state index in [0.717, 1.165) is 28.7 Å². The fourth-order valence-electron chi connectivity index (χ4n) is 1.77. The number of hydrogen-bond acceptors (Lipinski definition) is 4. The van der Waals surface area contributed by atoms with Crippen molar-refractivity contribution in [3.05, 3.63) is 28.6 Å². The molecule has 0 aliphatic rings. The van der Waals surface area contributed by atoms with E-state index in [9.17, 15) is 0 Å². The van der Waals surface area contributed by atoms with Crippen molar-refractivity contribution >= 4 is 11.6 Å². The number of rotatable bonds is 5. The number of halogens is 1. The van der Waals surface area contributed by atoms with Crippen LogP contribution in [0, 0.1) is 0 Å². The normalized spacial score (nSPS) is 11.1. The van der Waals surface area contributed by atoms with Gasteiger partial charge in [0.1, 0.15) is 12.2 Å². The van der Waals surface area contributed by atoms with Crippen LogP contribution in [0.25, 0.3) is 0 Å². The molecule has 0 aliphatic carbocycles. The molecule has 0 aromatic carbocycles. The SMILES string of the molecule is CCc1nn(C)c(CNCc2nncn2C)c1Cl. The van der Waals surface area contributed by atoms with E-state index in [4.69, 9.17) is 11.6 Å². The Labute approximate surface area is 111 Å². The molecule has 2 rings (SSSR count). The summed E-state index contributed by atoms with van der Waals surface area (Å²) in [6, 6.07) is 0. The highest BCUT2D eigenvalue weighted by atomic mass is 35.5. The molecule has 0 saturated carbocycles. The van der Waals surface area contributed by atoms with Crippen LogP contribution in [0.4, 0.5) is 0 Å². The van der Waals surface area contributed by atoms with Crippen LogP contribution in [0.15, 0.2) is 6.33 Å². The van der Waals surface area contributed by atoms with Crippen LogP contribution in [-0.4, -0.2) is 24.5 Å². The molecule has 0 saturated heterocycles. The van der Waals surface area contributed by atoms with Crippen molar-refractivity contribution in [2.24, 2.45) is 14.1 Å². The molecule has 0 unspecified atom stereocenters. The Hall–Kier alpha value is -1.40. The van der Waals surface area contributed by atoms with Gasteiger partial charge < -0.3 is 9.88 Å². The molecule has 0 spiro atoms. The Morgan fingerprint density at radius 3 is 2.67 bits per heavy atom. The minimum absolute atomic E-state index is 0.652. The highest BCUT2D eigenvalue weighted by Crippen LogP contribution is 2.20. The van der Waals surface area contributed by atoms with Gasteiger partial charge in [-0.05, 0) is 6.42 Å². The van der Waals surface area contributed by atoms with Gasteiger partial charge in [-0.2, -0.15) is 5.10 Å². The lowest BCUT2D eigenvalue weighted by atomic mass is 10.3. The van der Waals surface area contributed by atoms with E-state index >= 15 is 0 Å². The Morgan fingerprint density at radius 1 is 1.33 bits per heavy atom. The largest absolute Gasteiger partial charge is 0.320 e. The number of hydrogen-bond donors (Lipinski definition) is 1. The van der Waals surface area contributed by atoms with Gasteiger partial charge in [-0.3, -0.25) is 4.68 Å². The zero-order chi connectivity index (χ0) is 13.1. The summed E-state index contributed by atoms with van der Waals surface area (Å²) in [5.74, 6) is 0.893. The second kappa shape index (κ2) is 5.49. The van der Waals surface area contributed by atoms with E-state index < -0.39 is 0 Å². The molecule has 0 atom stereocenters. The first-order chi connectivity index (χ1) is 8.63. The quantitative estimate of drug-likeness (QED) is 0.881. The Bertz CT molecular complexity index is 530. The van der Waals surface area contributed by atoms with E-state index in [-0.39, 0.29) is 0 Å². The van der Waals surface area contributed by atoms with Crippen molar-refractivity contribution < 1.29 is 0 Å². The third-order valence-electron chi connectivity index (χ3n) is 2.88. The zero-order valence-corrected chi connectivity index (χ0v) is 11.6. The molecule has 0 aliphatic heterocycles. The van der Waals surface area contributed by atoms with Crippen LogP contribution in [0.5, 0.6) is 0 Å². The standard InChI is InChI=1S/C11H17ClN6/c1-4-8-11(12)9(18(3)16-8)5-13-6-10-15-14-7-17(10)2/h7,13H,4-6H2,1-3H3. The topological polar surface area (TPSA) is 60.6 Å². The third-order valence-corrected chi connectivity index (χ3v) is 3.32. The van der Waals surface area contributed by atoms with Crippen LogP contribution < -0.4 is 5.32 Å². The average Bonchev–Trinajstić information content (AvgIpc) is 2.87. The second-order valence-electron chi connectivity index (χ2n) is 4.15. The Morgan fingerprint density at radius 2 is 2.11 bits per heavy atom. The molecular formula is C11H17ClN6. The van der Waals surface area contributed by atoms with E-state index in [0.29, 0.717) is 13.1 Å². The number of nitrogens with zero attached hydrogens (tertiary/aromatic N) is 5. The third kappa shape index (κ3) is 2.54. The van der Waals surface area contributed by atoms with Crippen molar-refractivity contribution in [2.75, 3.05) is 0 Å². The predicted molar refractivity (Wildman–Crippen MR) is 69.1 cm³/mol. The predicted octanol–water partition coefficient (Wildman–Crippen LogP) is 1.05. The molecule has 0 fully saturated rings. The minimum atomic E-state index is 0.652. The van der Waals surface area contributed by atoms with E-state index in [1.807, 2.05) is 30.3 Å². The van der Waals surface area contributed by atoms with Gasteiger partial charge in [-0.1, -0.05) is 18.5 Å². The summed E-state index contributed by atoms with van der Waals surface area (Å²) in [5, 5.41) is 16.3. The molecule has 18 heavy (non-hydrogen) atoms. The summed E-state index contributed by atoms with van der Waals surface area (Å²) in [4.78, 5) is 0. The lowest BCUT2D eigenvalue weighted by Crippen LogP contribution is -2.17. The molecule has 0 bridgehead atoms. The summed E-state index contributed by atoms with van der Waals surface area (Å²) in [6.07, 6.45) is 2.53. The lowest BCUT2D eigenvalue weighted by molar-refractivity contribution is 0.597. The average molecular weight is 269 g/mol. The fourth-order valence-corrected chi connectivity index (χ4v) is 2.13. The van der Waals surface area contributed by atoms with E-state index in [1.54, 1.807) is 6.33 Å². The fraction of sp³-hybridized carbons (Fsp3) is 0.545. The highest BCUT2D eigenvalue weighted by Gasteiger charge is 2.12. The summed E-state index contributed by atoms with van der Waals surface area (Å²) < 4.78 is 3.71. The first-order valence-corrected chi connectivity index (χ1v) is 6.25. The molecule has 2 aromatic heterocycles. The maximum atomic E-state index is 6.27. The maximum absolute atomic E-state index is 6.27. The van der Waals surface area contributed by atoms with Crippen molar-refractivity contribution in [2.45, 2.75) is 26.4 Å². The van der Waals surface area contributed by atoms with Crippen molar-refractivity contribution in [1.82, 2.24) is 29.9 Å². The van der Waals surface area contributed by atoms with Gasteiger partial charge in [0.05, 0.1) is 23.0 Å². The molecule has 0 amide bonds. The Kier molecular flexibility index (Phi) is 3.98. The van der Waals surface area contributed by atoms with Crippen LogP contribution in [0.1, 0.15) is 24.1 Å². The molecule has 1 N–H and O–H groups in total. The van der Waals surface area contributed by atoms with Gasteiger partial charge in [-0.25, -0.2) is 0 Å². The van der Waals surface area contributed by atoms with Crippen molar-refractivity contribution in [1.29, 1.82) is 0 Å². The number of nitrogens with one attached hydrogen (secondary N) is 1. The van der Waals surface area contributed by atoms with Gasteiger partial charge in [0.2, 0.25) is 0 Å². The van der Waals surface area contributed by atoms with Gasteiger partial charge >= 0.3 is 0 Å². The first-order valence-electron chi connectivity index (χ1n) is 5.87. The molecule has 2 aromatic rings. The lowest BCUT2D eigenvalue weighted by Gasteiger charge is -2.05. The summed E-state index contributed by atoms with van der Waals surface area (Å²) >= 11 is 6.27. The summed E-state index contributed by atoms with van der Waals surface area (Å²) in [5.41, 5.74) is 1.94. The van der Waals surface area contributed by atoms with E-state index in [1.165, 1.54) is 0 Å². The van der Waals surface area contributed by atoms with Crippen LogP contribution in [0.2, 0.25) is 5.02 Å². The molecule has 0 radical (unpaired) electrons. The smallest absolute Gasteiger partial charge is 0.146 e. The van der Waals surface area contributed by atoms with Crippen LogP contribution in [0.3, 0.4) is 0 Å². The van der Waals surface area contributed by atoms with Gasteiger partial charge in [-0.15, -0.1) is 10.2 Å². The molecule has 7 heteroatoms. The van der Waals surface area contributed by atoms with E-state index in [2.05, 4.69) is 20.6 Å². The molecule has 2 heterocycles.